The summed E-state index contributed by atoms with van der Waals surface area (Å²) in [6.45, 7) is 0. The zero-order valence-corrected chi connectivity index (χ0v) is 13.6. The molecular formula is C18H34O2. The molecule has 0 N–H and O–H groups in total. The molecule has 1 rings (SSSR count). The van der Waals surface area contributed by atoms with Crippen molar-refractivity contribution < 1.29 is 9.47 Å². The van der Waals surface area contributed by atoms with Gasteiger partial charge in [0.1, 0.15) is 0 Å². The van der Waals surface area contributed by atoms with Gasteiger partial charge in [0.25, 0.3) is 0 Å². The molecule has 0 bridgehead atoms. The highest BCUT2D eigenvalue weighted by atomic mass is 16.5. The second-order valence-electron chi connectivity index (χ2n) is 6.00. The van der Waals surface area contributed by atoms with Gasteiger partial charge in [0.2, 0.25) is 0 Å². The molecule has 0 aliphatic heterocycles. The van der Waals surface area contributed by atoms with Crippen LogP contribution >= 0.6 is 0 Å². The van der Waals surface area contributed by atoms with Crippen molar-refractivity contribution in [1.82, 2.24) is 0 Å². The number of allylic oxidation sites excluding steroid dienone is 2. The maximum absolute atomic E-state index is 5.66. The molecule has 20 heavy (non-hydrogen) atoms. The molecule has 2 nitrogen and oxygen atoms in total. The molecule has 1 aliphatic carbocycles. The van der Waals surface area contributed by atoms with Gasteiger partial charge < -0.3 is 9.47 Å². The van der Waals surface area contributed by atoms with Crippen molar-refractivity contribution in [3.05, 3.63) is 12.2 Å². The minimum Gasteiger partial charge on any atom is -0.379 e. The van der Waals surface area contributed by atoms with E-state index >= 15 is 0 Å². The van der Waals surface area contributed by atoms with E-state index < -0.39 is 0 Å². The Morgan fingerprint density at radius 1 is 0.600 bits per heavy atom. The van der Waals surface area contributed by atoms with Gasteiger partial charge in [-0.2, -0.15) is 0 Å². The highest BCUT2D eigenvalue weighted by molar-refractivity contribution is 4.81. The molecule has 0 aromatic rings. The third-order valence-corrected chi connectivity index (χ3v) is 4.41. The Kier molecular flexibility index (Phi) is 11.0. The quantitative estimate of drug-likeness (QED) is 0.643. The molecule has 118 valence electrons. The third-order valence-electron chi connectivity index (χ3n) is 4.41. The average molecular weight is 282 g/mol. The Morgan fingerprint density at radius 2 is 1.00 bits per heavy atom. The molecule has 0 radical (unpaired) electrons. The zero-order valence-electron chi connectivity index (χ0n) is 13.6. The van der Waals surface area contributed by atoms with Gasteiger partial charge in [0, 0.05) is 14.2 Å². The lowest BCUT2D eigenvalue weighted by atomic mass is 9.99. The van der Waals surface area contributed by atoms with Crippen molar-refractivity contribution in [3.63, 3.8) is 0 Å². The largest absolute Gasteiger partial charge is 0.379 e. The first kappa shape index (κ1) is 17.7. The summed E-state index contributed by atoms with van der Waals surface area (Å²) in [6.07, 6.45) is 20.7. The molecule has 0 aromatic carbocycles. The van der Waals surface area contributed by atoms with E-state index in [4.69, 9.17) is 9.47 Å². The lowest BCUT2D eigenvalue weighted by Gasteiger charge is -2.25. The number of hydrogen-bond donors (Lipinski definition) is 0. The summed E-state index contributed by atoms with van der Waals surface area (Å²) in [5.74, 6) is 0. The van der Waals surface area contributed by atoms with Crippen molar-refractivity contribution in [1.29, 1.82) is 0 Å². The summed E-state index contributed by atoms with van der Waals surface area (Å²) >= 11 is 0. The van der Waals surface area contributed by atoms with Crippen molar-refractivity contribution in [3.8, 4) is 0 Å². The predicted octanol–water partition coefficient (Wildman–Crippen LogP) is 5.27. The summed E-state index contributed by atoms with van der Waals surface area (Å²) < 4.78 is 11.3. The van der Waals surface area contributed by atoms with Gasteiger partial charge in [-0.25, -0.2) is 0 Å². The van der Waals surface area contributed by atoms with E-state index in [0.717, 1.165) is 12.8 Å². The van der Waals surface area contributed by atoms with Crippen LogP contribution in [0.25, 0.3) is 0 Å². The van der Waals surface area contributed by atoms with Crippen LogP contribution in [-0.4, -0.2) is 26.4 Å². The summed E-state index contributed by atoms with van der Waals surface area (Å²) in [5.41, 5.74) is 0. The van der Waals surface area contributed by atoms with E-state index in [2.05, 4.69) is 12.2 Å². The van der Waals surface area contributed by atoms with Crippen LogP contribution in [-0.2, 0) is 9.47 Å². The Hall–Kier alpha value is -0.340. The number of rotatable bonds is 2. The second kappa shape index (κ2) is 12.4. The van der Waals surface area contributed by atoms with E-state index in [1.165, 1.54) is 64.2 Å². The van der Waals surface area contributed by atoms with Crippen LogP contribution in [0.5, 0.6) is 0 Å². The molecule has 2 unspecified atom stereocenters. The van der Waals surface area contributed by atoms with Crippen LogP contribution in [0.4, 0.5) is 0 Å². The molecule has 2 atom stereocenters. The molecule has 0 heterocycles. The van der Waals surface area contributed by atoms with Gasteiger partial charge in [-0.15, -0.1) is 0 Å². The topological polar surface area (TPSA) is 18.5 Å². The number of hydrogen-bond acceptors (Lipinski definition) is 2. The summed E-state index contributed by atoms with van der Waals surface area (Å²) in [5, 5.41) is 0. The Labute approximate surface area is 125 Å². The normalized spacial score (nSPS) is 29.9. The summed E-state index contributed by atoms with van der Waals surface area (Å²) in [4.78, 5) is 0. The molecule has 0 aromatic heterocycles. The van der Waals surface area contributed by atoms with Gasteiger partial charge in [-0.3, -0.25) is 0 Å². The predicted molar refractivity (Wildman–Crippen MR) is 86.1 cm³/mol. The first-order valence-corrected chi connectivity index (χ1v) is 8.59. The fourth-order valence-corrected chi connectivity index (χ4v) is 3.07. The van der Waals surface area contributed by atoms with Gasteiger partial charge in [0.05, 0.1) is 12.2 Å². The first-order valence-electron chi connectivity index (χ1n) is 8.59. The molecule has 2 heteroatoms. The Balaban J connectivity index is 2.39. The van der Waals surface area contributed by atoms with Crippen LogP contribution in [0.3, 0.4) is 0 Å². The first-order chi connectivity index (χ1) is 9.88. The Bertz CT molecular complexity index is 238. The minimum absolute atomic E-state index is 0.281. The SMILES string of the molecule is COC1CCCCC/C=C/CCCCCCCC1OC. The van der Waals surface area contributed by atoms with Crippen LogP contribution in [0, 0.1) is 0 Å². The van der Waals surface area contributed by atoms with E-state index in [1.807, 2.05) is 14.2 Å². The lowest BCUT2D eigenvalue weighted by Crippen LogP contribution is -2.30. The fourth-order valence-electron chi connectivity index (χ4n) is 3.07. The maximum atomic E-state index is 5.66. The van der Waals surface area contributed by atoms with Crippen LogP contribution in [0.2, 0.25) is 0 Å². The van der Waals surface area contributed by atoms with Gasteiger partial charge in [0.15, 0.2) is 0 Å². The third kappa shape index (κ3) is 8.06. The highest BCUT2D eigenvalue weighted by Crippen LogP contribution is 2.19. The molecule has 0 spiro atoms. The van der Waals surface area contributed by atoms with E-state index in [1.54, 1.807) is 0 Å². The Morgan fingerprint density at radius 3 is 1.50 bits per heavy atom. The molecular weight excluding hydrogens is 248 g/mol. The number of methoxy groups -OCH3 is 2. The van der Waals surface area contributed by atoms with Crippen LogP contribution in [0.15, 0.2) is 12.2 Å². The smallest absolute Gasteiger partial charge is 0.0832 e. The molecule has 0 fully saturated rings. The summed E-state index contributed by atoms with van der Waals surface area (Å²) in [7, 11) is 3.66. The van der Waals surface area contributed by atoms with E-state index in [0.29, 0.717) is 0 Å². The standard InChI is InChI=1S/C18H34O2/c1-19-17-15-13-11-9-7-5-3-4-6-8-10-12-14-16-18(17)20-2/h3,5,17-18H,4,6-16H2,1-2H3/b5-3+. The minimum atomic E-state index is 0.281. The average Bonchev–Trinajstić information content (AvgIpc) is 2.47. The van der Waals surface area contributed by atoms with Crippen molar-refractivity contribution in [2.45, 2.75) is 89.3 Å². The molecule has 1 aliphatic rings. The lowest BCUT2D eigenvalue weighted by molar-refractivity contribution is -0.0450. The van der Waals surface area contributed by atoms with E-state index in [9.17, 15) is 0 Å². The van der Waals surface area contributed by atoms with E-state index in [-0.39, 0.29) is 12.2 Å². The van der Waals surface area contributed by atoms with Crippen LogP contribution in [0.1, 0.15) is 77.0 Å². The fraction of sp³-hybridized carbons (Fsp3) is 0.889. The van der Waals surface area contributed by atoms with Crippen molar-refractivity contribution >= 4 is 0 Å². The maximum Gasteiger partial charge on any atom is 0.0832 e. The number of ether oxygens (including phenoxy) is 2. The van der Waals surface area contributed by atoms with Crippen molar-refractivity contribution in [2.24, 2.45) is 0 Å². The monoisotopic (exact) mass is 282 g/mol. The summed E-state index contributed by atoms with van der Waals surface area (Å²) in [6, 6.07) is 0. The van der Waals surface area contributed by atoms with Gasteiger partial charge >= 0.3 is 0 Å². The second-order valence-corrected chi connectivity index (χ2v) is 6.00. The van der Waals surface area contributed by atoms with Gasteiger partial charge in [-0.05, 0) is 38.5 Å². The molecule has 0 saturated heterocycles. The van der Waals surface area contributed by atoms with Crippen molar-refractivity contribution in [2.75, 3.05) is 14.2 Å². The van der Waals surface area contributed by atoms with Crippen LogP contribution < -0.4 is 0 Å². The molecule has 0 saturated carbocycles. The zero-order chi connectivity index (χ0) is 14.5. The molecule has 0 amide bonds. The highest BCUT2D eigenvalue weighted by Gasteiger charge is 2.19. The van der Waals surface area contributed by atoms with Gasteiger partial charge in [-0.1, -0.05) is 50.7 Å².